The van der Waals surface area contributed by atoms with Crippen LogP contribution in [-0.4, -0.2) is 41.3 Å². The van der Waals surface area contributed by atoms with Crippen molar-refractivity contribution >= 4 is 23.5 Å². The minimum Gasteiger partial charge on any atom is -0.313 e. The van der Waals surface area contributed by atoms with E-state index < -0.39 is 0 Å². The zero-order chi connectivity index (χ0) is 19.1. The van der Waals surface area contributed by atoms with E-state index in [1.165, 1.54) is 19.3 Å². The van der Waals surface area contributed by atoms with Crippen molar-refractivity contribution in [2.24, 2.45) is 4.99 Å². The Hall–Kier alpha value is -2.79. The molecule has 0 saturated carbocycles. The van der Waals surface area contributed by atoms with Gasteiger partial charge in [0.15, 0.2) is 0 Å². The summed E-state index contributed by atoms with van der Waals surface area (Å²) in [6, 6.07) is 9.92. The maximum absolute atomic E-state index is 12.3. The van der Waals surface area contributed by atoms with Gasteiger partial charge in [0.25, 0.3) is 0 Å². The van der Waals surface area contributed by atoms with Crippen LogP contribution in [0.25, 0.3) is 17.2 Å². The molecule has 1 aliphatic heterocycles. The predicted molar refractivity (Wildman–Crippen MR) is 111 cm³/mol. The van der Waals surface area contributed by atoms with E-state index in [4.69, 9.17) is 0 Å². The molecular formula is C22H26N4O. The molecule has 5 heteroatoms. The van der Waals surface area contributed by atoms with Crippen LogP contribution in [0.15, 0.2) is 54.3 Å². The van der Waals surface area contributed by atoms with Crippen molar-refractivity contribution in [1.82, 2.24) is 15.2 Å². The number of hydrogen-bond donors (Lipinski definition) is 1. The quantitative estimate of drug-likeness (QED) is 0.645. The lowest BCUT2D eigenvalue weighted by molar-refractivity contribution is -0.121. The van der Waals surface area contributed by atoms with Gasteiger partial charge in [0.2, 0.25) is 5.91 Å². The molecule has 1 N–H and O–H groups in total. The van der Waals surface area contributed by atoms with E-state index in [1.54, 1.807) is 12.3 Å². The Morgan fingerprint density at radius 2 is 2.07 bits per heavy atom. The molecule has 0 radical (unpaired) electrons. The third-order valence-corrected chi connectivity index (χ3v) is 4.67. The van der Waals surface area contributed by atoms with Crippen molar-refractivity contribution in [3.8, 4) is 11.1 Å². The Balaban J connectivity index is 1.73. The molecule has 1 saturated heterocycles. The molecule has 1 aromatic carbocycles. The molecular weight excluding hydrogens is 336 g/mol. The molecule has 140 valence electrons. The highest BCUT2D eigenvalue weighted by molar-refractivity contribution is 5.99. The summed E-state index contributed by atoms with van der Waals surface area (Å²) in [5.74, 6) is 0.574. The fourth-order valence-corrected chi connectivity index (χ4v) is 3.30. The number of piperidine rings is 1. The topological polar surface area (TPSA) is 57.6 Å². The monoisotopic (exact) mass is 362 g/mol. The van der Waals surface area contributed by atoms with Crippen molar-refractivity contribution in [3.05, 3.63) is 54.9 Å². The van der Waals surface area contributed by atoms with Gasteiger partial charge in [-0.3, -0.25) is 14.7 Å². The summed E-state index contributed by atoms with van der Waals surface area (Å²) in [5, 5.41) is 2.91. The lowest BCUT2D eigenvalue weighted by Gasteiger charge is -2.25. The molecule has 0 spiro atoms. The highest BCUT2D eigenvalue weighted by Gasteiger charge is 2.14. The molecule has 0 atom stereocenters. The minimum atomic E-state index is -0.0123. The molecule has 2 aromatic rings. The SMILES string of the molecule is C=Cc1ccc(-c2cccnc2)cc1N=C(C)NC(=O)CN1CCCCC1. The van der Waals surface area contributed by atoms with Gasteiger partial charge in [-0.2, -0.15) is 0 Å². The molecule has 0 bridgehead atoms. The van der Waals surface area contributed by atoms with Crippen LogP contribution in [0.2, 0.25) is 0 Å². The van der Waals surface area contributed by atoms with Gasteiger partial charge in [0, 0.05) is 18.0 Å². The number of pyridine rings is 1. The fourth-order valence-electron chi connectivity index (χ4n) is 3.30. The molecule has 1 fully saturated rings. The highest BCUT2D eigenvalue weighted by Crippen LogP contribution is 2.28. The van der Waals surface area contributed by atoms with Crippen molar-refractivity contribution < 1.29 is 4.79 Å². The summed E-state index contributed by atoms with van der Waals surface area (Å²) >= 11 is 0. The minimum absolute atomic E-state index is 0.0123. The molecule has 3 rings (SSSR count). The number of nitrogens with zero attached hydrogens (tertiary/aromatic N) is 3. The molecule has 1 aliphatic rings. The lowest BCUT2D eigenvalue weighted by atomic mass is 10.0. The molecule has 0 aliphatic carbocycles. The lowest BCUT2D eigenvalue weighted by Crippen LogP contribution is -2.41. The Kier molecular flexibility index (Phi) is 6.49. The van der Waals surface area contributed by atoms with Crippen LogP contribution >= 0.6 is 0 Å². The first-order valence-electron chi connectivity index (χ1n) is 9.40. The standard InChI is InChI=1S/C22H26N4O/c1-3-18-9-10-19(20-8-7-11-23-15-20)14-21(18)24-17(2)25-22(27)16-26-12-5-4-6-13-26/h3,7-11,14-15H,1,4-6,12-13,16H2,2H3,(H,24,25,27). The average Bonchev–Trinajstić information content (AvgIpc) is 2.69. The van der Waals surface area contributed by atoms with Crippen LogP contribution in [0.5, 0.6) is 0 Å². The second-order valence-corrected chi connectivity index (χ2v) is 6.80. The van der Waals surface area contributed by atoms with Gasteiger partial charge in [-0.25, -0.2) is 4.99 Å². The number of aromatic nitrogens is 1. The average molecular weight is 362 g/mol. The summed E-state index contributed by atoms with van der Waals surface area (Å²) in [7, 11) is 0. The number of aliphatic imine (C=N–C) groups is 1. The largest absolute Gasteiger partial charge is 0.313 e. The van der Waals surface area contributed by atoms with Gasteiger partial charge in [0.1, 0.15) is 5.84 Å². The first-order valence-corrected chi connectivity index (χ1v) is 9.40. The third-order valence-electron chi connectivity index (χ3n) is 4.67. The second-order valence-electron chi connectivity index (χ2n) is 6.80. The van der Waals surface area contributed by atoms with Crippen LogP contribution in [-0.2, 0) is 4.79 Å². The molecule has 0 unspecified atom stereocenters. The number of amidine groups is 1. The summed E-state index contributed by atoms with van der Waals surface area (Å²) < 4.78 is 0. The van der Waals surface area contributed by atoms with Gasteiger partial charge >= 0.3 is 0 Å². The van der Waals surface area contributed by atoms with E-state index in [2.05, 4.69) is 26.8 Å². The van der Waals surface area contributed by atoms with Gasteiger partial charge in [-0.1, -0.05) is 37.3 Å². The van der Waals surface area contributed by atoms with Gasteiger partial charge in [-0.05, 0) is 56.1 Å². The summed E-state index contributed by atoms with van der Waals surface area (Å²) in [6.45, 7) is 8.10. The summed E-state index contributed by atoms with van der Waals surface area (Å²) in [6.07, 6.45) is 8.95. The van der Waals surface area contributed by atoms with E-state index in [-0.39, 0.29) is 5.91 Å². The molecule has 5 nitrogen and oxygen atoms in total. The van der Waals surface area contributed by atoms with E-state index >= 15 is 0 Å². The van der Waals surface area contributed by atoms with Gasteiger partial charge < -0.3 is 5.32 Å². The predicted octanol–water partition coefficient (Wildman–Crippen LogP) is 4.04. The number of hydrogen-bond acceptors (Lipinski definition) is 4. The number of likely N-dealkylation sites (tertiary alicyclic amines) is 1. The van der Waals surface area contributed by atoms with Gasteiger partial charge in [0.05, 0.1) is 12.2 Å². The number of rotatable bonds is 5. The van der Waals surface area contributed by atoms with E-state index in [0.717, 1.165) is 35.5 Å². The molecule has 1 amide bonds. The maximum atomic E-state index is 12.3. The Bertz CT molecular complexity index is 823. The van der Waals surface area contributed by atoms with Crippen LogP contribution in [0.1, 0.15) is 31.7 Å². The van der Waals surface area contributed by atoms with Crippen LogP contribution < -0.4 is 5.32 Å². The zero-order valence-electron chi connectivity index (χ0n) is 15.8. The second kappa shape index (κ2) is 9.24. The zero-order valence-corrected chi connectivity index (χ0v) is 15.8. The van der Waals surface area contributed by atoms with E-state index in [1.807, 2.05) is 43.5 Å². The van der Waals surface area contributed by atoms with E-state index in [9.17, 15) is 4.79 Å². The number of nitrogens with one attached hydrogen (secondary N) is 1. The Labute approximate surface area is 160 Å². The fraction of sp³-hybridized carbons (Fsp3) is 0.318. The van der Waals surface area contributed by atoms with Crippen molar-refractivity contribution in [2.45, 2.75) is 26.2 Å². The first-order chi connectivity index (χ1) is 13.2. The number of amides is 1. The molecule has 2 heterocycles. The van der Waals surface area contributed by atoms with Crippen molar-refractivity contribution in [1.29, 1.82) is 0 Å². The Morgan fingerprint density at radius 3 is 2.78 bits per heavy atom. The van der Waals surface area contributed by atoms with Crippen LogP contribution in [0.3, 0.4) is 0 Å². The highest BCUT2D eigenvalue weighted by atomic mass is 16.2. The van der Waals surface area contributed by atoms with Crippen molar-refractivity contribution in [3.63, 3.8) is 0 Å². The van der Waals surface area contributed by atoms with Crippen molar-refractivity contribution in [2.75, 3.05) is 19.6 Å². The van der Waals surface area contributed by atoms with Gasteiger partial charge in [-0.15, -0.1) is 0 Å². The normalized spacial score (nSPS) is 15.4. The maximum Gasteiger partial charge on any atom is 0.239 e. The molecule has 1 aromatic heterocycles. The third kappa shape index (κ3) is 5.34. The van der Waals surface area contributed by atoms with Crippen LogP contribution in [0.4, 0.5) is 5.69 Å². The van der Waals surface area contributed by atoms with E-state index in [0.29, 0.717) is 12.4 Å². The number of carbonyl (C=O) groups excluding carboxylic acids is 1. The molecule has 27 heavy (non-hydrogen) atoms. The smallest absolute Gasteiger partial charge is 0.239 e. The number of carbonyl (C=O) groups is 1. The first kappa shape index (κ1) is 19.0. The summed E-state index contributed by atoms with van der Waals surface area (Å²) in [5.41, 5.74) is 3.76. The Morgan fingerprint density at radius 1 is 1.26 bits per heavy atom. The summed E-state index contributed by atoms with van der Waals surface area (Å²) in [4.78, 5) is 23.3. The van der Waals surface area contributed by atoms with Crippen LogP contribution in [0, 0.1) is 0 Å². The number of benzene rings is 1.